The van der Waals surface area contributed by atoms with Gasteiger partial charge in [0.2, 0.25) is 0 Å². The molecule has 0 saturated carbocycles. The van der Waals surface area contributed by atoms with E-state index in [1.807, 2.05) is 19.2 Å². The summed E-state index contributed by atoms with van der Waals surface area (Å²) >= 11 is 5.06. The molecule has 1 aromatic heterocycles. The average Bonchev–Trinajstić information content (AvgIpc) is 2.38. The first kappa shape index (κ1) is 13.5. The molecule has 1 heterocycles. The highest BCUT2D eigenvalue weighted by molar-refractivity contribution is 7.80. The lowest BCUT2D eigenvalue weighted by Gasteiger charge is -2.23. The Hall–Kier alpha value is -1.94. The van der Waals surface area contributed by atoms with Crippen LogP contribution in [-0.2, 0) is 0 Å². The predicted octanol–water partition coefficient (Wildman–Crippen LogP) is 3.10. The van der Waals surface area contributed by atoms with Crippen molar-refractivity contribution in [1.82, 2.24) is 4.98 Å². The van der Waals surface area contributed by atoms with E-state index >= 15 is 0 Å². The summed E-state index contributed by atoms with van der Waals surface area (Å²) in [6.45, 7) is 4.18. The van der Waals surface area contributed by atoms with E-state index in [9.17, 15) is 0 Å². The van der Waals surface area contributed by atoms with Gasteiger partial charge in [0, 0.05) is 18.9 Å². The van der Waals surface area contributed by atoms with Gasteiger partial charge in [-0.2, -0.15) is 0 Å². The Morgan fingerprint density at radius 3 is 2.58 bits per heavy atom. The van der Waals surface area contributed by atoms with Crippen molar-refractivity contribution in [2.24, 2.45) is 5.73 Å². The molecular weight excluding hydrogens is 254 g/mol. The lowest BCUT2D eigenvalue weighted by Crippen LogP contribution is -2.19. The van der Waals surface area contributed by atoms with Crippen LogP contribution in [0.4, 0.5) is 11.4 Å². The number of thiocarbonyl (C=S) groups is 1. The number of pyridine rings is 1. The molecule has 0 spiro atoms. The Balaban J connectivity index is 2.50. The van der Waals surface area contributed by atoms with Gasteiger partial charge in [-0.25, -0.2) is 0 Å². The molecule has 0 aliphatic carbocycles. The number of aromatic nitrogens is 1. The van der Waals surface area contributed by atoms with Crippen LogP contribution in [-0.4, -0.2) is 17.0 Å². The van der Waals surface area contributed by atoms with Crippen LogP contribution in [0.1, 0.15) is 16.8 Å². The highest BCUT2D eigenvalue weighted by Crippen LogP contribution is 2.28. The minimum atomic E-state index is 0.312. The zero-order chi connectivity index (χ0) is 14.0. The van der Waals surface area contributed by atoms with Gasteiger partial charge in [0.1, 0.15) is 10.7 Å². The molecule has 0 atom stereocenters. The summed E-state index contributed by atoms with van der Waals surface area (Å²) in [5.74, 6) is 0. The molecule has 98 valence electrons. The normalized spacial score (nSPS) is 10.3. The summed E-state index contributed by atoms with van der Waals surface area (Å²) in [4.78, 5) is 6.64. The molecule has 0 fully saturated rings. The highest BCUT2D eigenvalue weighted by Gasteiger charge is 2.13. The fourth-order valence-corrected chi connectivity index (χ4v) is 2.33. The SMILES string of the molecule is Cc1ccc(N(C)c2cccnc2C(N)=S)c(C)c1. The van der Waals surface area contributed by atoms with Gasteiger partial charge in [-0.3, -0.25) is 4.98 Å². The first-order valence-corrected chi connectivity index (χ1v) is 6.47. The Morgan fingerprint density at radius 1 is 1.21 bits per heavy atom. The molecular formula is C15H17N3S. The fraction of sp³-hybridized carbons (Fsp3) is 0.200. The van der Waals surface area contributed by atoms with E-state index < -0.39 is 0 Å². The van der Waals surface area contributed by atoms with Crippen LogP contribution in [0.2, 0.25) is 0 Å². The van der Waals surface area contributed by atoms with Crippen LogP contribution in [0.5, 0.6) is 0 Å². The first-order valence-electron chi connectivity index (χ1n) is 6.06. The monoisotopic (exact) mass is 271 g/mol. The van der Waals surface area contributed by atoms with Gasteiger partial charge >= 0.3 is 0 Å². The third-order valence-electron chi connectivity index (χ3n) is 3.09. The van der Waals surface area contributed by atoms with Gasteiger partial charge in [-0.15, -0.1) is 0 Å². The molecule has 0 saturated heterocycles. The van der Waals surface area contributed by atoms with Crippen LogP contribution >= 0.6 is 12.2 Å². The van der Waals surface area contributed by atoms with Gasteiger partial charge in [-0.1, -0.05) is 29.9 Å². The molecule has 0 aliphatic heterocycles. The van der Waals surface area contributed by atoms with Crippen molar-refractivity contribution in [2.75, 3.05) is 11.9 Å². The van der Waals surface area contributed by atoms with Crippen molar-refractivity contribution >= 4 is 28.6 Å². The van der Waals surface area contributed by atoms with Crippen molar-refractivity contribution in [2.45, 2.75) is 13.8 Å². The number of anilines is 2. The van der Waals surface area contributed by atoms with Gasteiger partial charge in [0.05, 0.1) is 5.69 Å². The van der Waals surface area contributed by atoms with Crippen molar-refractivity contribution < 1.29 is 0 Å². The van der Waals surface area contributed by atoms with Crippen LogP contribution in [0.3, 0.4) is 0 Å². The van der Waals surface area contributed by atoms with Gasteiger partial charge < -0.3 is 10.6 Å². The van der Waals surface area contributed by atoms with Crippen molar-refractivity contribution in [3.05, 3.63) is 53.3 Å². The van der Waals surface area contributed by atoms with E-state index in [-0.39, 0.29) is 0 Å². The van der Waals surface area contributed by atoms with Gasteiger partial charge in [0.25, 0.3) is 0 Å². The van der Waals surface area contributed by atoms with Crippen molar-refractivity contribution in [1.29, 1.82) is 0 Å². The molecule has 0 unspecified atom stereocenters. The van der Waals surface area contributed by atoms with Gasteiger partial charge in [0.15, 0.2) is 0 Å². The molecule has 2 N–H and O–H groups in total. The van der Waals surface area contributed by atoms with Crippen LogP contribution in [0.25, 0.3) is 0 Å². The predicted molar refractivity (Wildman–Crippen MR) is 84.1 cm³/mol. The number of nitrogens with zero attached hydrogens (tertiary/aromatic N) is 2. The number of rotatable bonds is 3. The van der Waals surface area contributed by atoms with Gasteiger partial charge in [-0.05, 0) is 37.6 Å². The Morgan fingerprint density at radius 2 is 1.95 bits per heavy atom. The zero-order valence-electron chi connectivity index (χ0n) is 11.3. The van der Waals surface area contributed by atoms with Crippen molar-refractivity contribution in [3.8, 4) is 0 Å². The lowest BCUT2D eigenvalue weighted by molar-refractivity contribution is 1.14. The molecule has 0 bridgehead atoms. The first-order chi connectivity index (χ1) is 9.00. The number of hydrogen-bond acceptors (Lipinski definition) is 3. The third-order valence-corrected chi connectivity index (χ3v) is 3.29. The summed E-state index contributed by atoms with van der Waals surface area (Å²) in [7, 11) is 2.00. The largest absolute Gasteiger partial charge is 0.388 e. The standard InChI is InChI=1S/C15H17N3S/c1-10-6-7-12(11(2)9-10)18(3)13-5-4-8-17-14(13)15(16)19/h4-9H,1-3H3,(H2,16,19). The maximum atomic E-state index is 5.73. The van der Waals surface area contributed by atoms with E-state index in [4.69, 9.17) is 18.0 Å². The zero-order valence-corrected chi connectivity index (χ0v) is 12.2. The van der Waals surface area contributed by atoms with Crippen LogP contribution in [0.15, 0.2) is 36.5 Å². The maximum Gasteiger partial charge on any atom is 0.124 e. The second kappa shape index (κ2) is 5.36. The molecule has 3 nitrogen and oxygen atoms in total. The molecule has 2 aromatic rings. The van der Waals surface area contributed by atoms with E-state index in [0.29, 0.717) is 10.7 Å². The highest BCUT2D eigenvalue weighted by atomic mass is 32.1. The number of nitrogens with two attached hydrogens (primary N) is 1. The van der Waals surface area contributed by atoms with E-state index in [0.717, 1.165) is 11.4 Å². The molecule has 0 radical (unpaired) electrons. The van der Waals surface area contributed by atoms with Crippen molar-refractivity contribution in [3.63, 3.8) is 0 Å². The Labute approximate surface area is 119 Å². The summed E-state index contributed by atoms with van der Waals surface area (Å²) in [6.07, 6.45) is 1.70. The van der Waals surface area contributed by atoms with Crippen LogP contribution < -0.4 is 10.6 Å². The minimum Gasteiger partial charge on any atom is -0.388 e. The second-order valence-corrected chi connectivity index (χ2v) is 5.02. The molecule has 4 heteroatoms. The average molecular weight is 271 g/mol. The molecule has 0 amide bonds. The maximum absolute atomic E-state index is 5.73. The summed E-state index contributed by atoms with van der Waals surface area (Å²) in [6, 6.07) is 10.2. The molecule has 2 rings (SSSR count). The van der Waals surface area contributed by atoms with E-state index in [1.165, 1.54) is 11.1 Å². The number of hydrogen-bond donors (Lipinski definition) is 1. The molecule has 19 heavy (non-hydrogen) atoms. The summed E-state index contributed by atoms with van der Waals surface area (Å²) in [5, 5.41) is 0. The quantitative estimate of drug-likeness (QED) is 0.871. The molecule has 1 aromatic carbocycles. The fourth-order valence-electron chi connectivity index (χ4n) is 2.17. The topological polar surface area (TPSA) is 42.2 Å². The number of aryl methyl sites for hydroxylation is 2. The smallest absolute Gasteiger partial charge is 0.124 e. The Bertz CT molecular complexity index is 623. The van der Waals surface area contributed by atoms with Crippen LogP contribution in [0, 0.1) is 13.8 Å². The molecule has 0 aliphatic rings. The van der Waals surface area contributed by atoms with E-state index in [1.54, 1.807) is 6.20 Å². The Kier molecular flexibility index (Phi) is 3.81. The minimum absolute atomic E-state index is 0.312. The summed E-state index contributed by atoms with van der Waals surface area (Å²) < 4.78 is 0. The third kappa shape index (κ3) is 2.74. The summed E-state index contributed by atoms with van der Waals surface area (Å²) in [5.41, 5.74) is 10.9. The number of benzene rings is 1. The second-order valence-electron chi connectivity index (χ2n) is 4.58. The van der Waals surface area contributed by atoms with E-state index in [2.05, 4.69) is 41.9 Å². The lowest BCUT2D eigenvalue weighted by atomic mass is 10.1.